The molecule has 13 heavy (non-hydrogen) atoms. The third kappa shape index (κ3) is 1.69. The Morgan fingerprint density at radius 2 is 1.77 bits per heavy atom. The Balaban J connectivity index is 3.07. The SMILES string of the molecule is CC(C)(C)C(C)(C)c1cc(N)no1. The smallest absolute Gasteiger partial charge is 0.167 e. The molecular formula is C10H18N2O. The maximum atomic E-state index is 5.51. The monoisotopic (exact) mass is 182 g/mol. The predicted octanol–water partition coefficient (Wildman–Crippen LogP) is 2.58. The highest BCUT2D eigenvalue weighted by Crippen LogP contribution is 2.41. The van der Waals surface area contributed by atoms with E-state index in [1.54, 1.807) is 6.07 Å². The summed E-state index contributed by atoms with van der Waals surface area (Å²) in [6.07, 6.45) is 0. The normalized spacial score (nSPS) is 13.3. The van der Waals surface area contributed by atoms with Crippen LogP contribution in [0.1, 0.15) is 40.4 Å². The van der Waals surface area contributed by atoms with Crippen molar-refractivity contribution in [3.05, 3.63) is 11.8 Å². The molecule has 2 N–H and O–H groups in total. The van der Waals surface area contributed by atoms with Crippen molar-refractivity contribution in [3.8, 4) is 0 Å². The summed E-state index contributed by atoms with van der Waals surface area (Å²) in [5.74, 6) is 1.30. The minimum atomic E-state index is -0.0579. The molecule has 1 rings (SSSR count). The molecule has 0 fully saturated rings. The number of hydrogen-bond acceptors (Lipinski definition) is 3. The number of rotatable bonds is 1. The first-order chi connectivity index (χ1) is 5.75. The Morgan fingerprint density at radius 1 is 1.23 bits per heavy atom. The minimum absolute atomic E-state index is 0.0579. The Hall–Kier alpha value is -0.990. The number of aromatic nitrogens is 1. The quantitative estimate of drug-likeness (QED) is 0.726. The number of nitrogens with two attached hydrogens (primary N) is 1. The van der Waals surface area contributed by atoms with Gasteiger partial charge in [0.1, 0.15) is 5.76 Å². The van der Waals surface area contributed by atoms with Crippen LogP contribution in [0.15, 0.2) is 10.6 Å². The minimum Gasteiger partial charge on any atom is -0.381 e. The van der Waals surface area contributed by atoms with Gasteiger partial charge < -0.3 is 10.3 Å². The zero-order valence-electron chi connectivity index (χ0n) is 9.01. The predicted molar refractivity (Wildman–Crippen MR) is 53.4 cm³/mol. The maximum Gasteiger partial charge on any atom is 0.167 e. The molecule has 3 nitrogen and oxygen atoms in total. The van der Waals surface area contributed by atoms with Crippen LogP contribution in [-0.2, 0) is 5.41 Å². The molecule has 0 spiro atoms. The molecule has 0 aliphatic carbocycles. The Morgan fingerprint density at radius 3 is 2.08 bits per heavy atom. The van der Waals surface area contributed by atoms with Gasteiger partial charge in [0, 0.05) is 11.5 Å². The van der Waals surface area contributed by atoms with Gasteiger partial charge in [-0.2, -0.15) is 0 Å². The van der Waals surface area contributed by atoms with Gasteiger partial charge in [0.05, 0.1) is 0 Å². The molecule has 0 unspecified atom stereocenters. The first kappa shape index (κ1) is 10.1. The second-order valence-corrected chi connectivity index (χ2v) is 4.99. The molecule has 0 atom stereocenters. The Labute approximate surface area is 79.3 Å². The molecule has 0 saturated heterocycles. The van der Waals surface area contributed by atoms with E-state index in [1.165, 1.54) is 0 Å². The van der Waals surface area contributed by atoms with Gasteiger partial charge in [-0.05, 0) is 5.41 Å². The van der Waals surface area contributed by atoms with Crippen molar-refractivity contribution in [2.45, 2.75) is 40.0 Å². The van der Waals surface area contributed by atoms with Crippen molar-refractivity contribution >= 4 is 5.82 Å². The van der Waals surface area contributed by atoms with Crippen LogP contribution in [0.25, 0.3) is 0 Å². The van der Waals surface area contributed by atoms with Gasteiger partial charge in [-0.15, -0.1) is 0 Å². The van der Waals surface area contributed by atoms with Gasteiger partial charge in [-0.1, -0.05) is 39.8 Å². The van der Waals surface area contributed by atoms with Crippen molar-refractivity contribution in [3.63, 3.8) is 0 Å². The summed E-state index contributed by atoms with van der Waals surface area (Å²) in [5.41, 5.74) is 5.58. The first-order valence-corrected chi connectivity index (χ1v) is 4.48. The van der Waals surface area contributed by atoms with Crippen LogP contribution in [0.2, 0.25) is 0 Å². The van der Waals surface area contributed by atoms with Gasteiger partial charge >= 0.3 is 0 Å². The van der Waals surface area contributed by atoms with Crippen LogP contribution in [0.4, 0.5) is 5.82 Å². The fourth-order valence-corrected chi connectivity index (χ4v) is 0.953. The van der Waals surface area contributed by atoms with Crippen LogP contribution in [0.3, 0.4) is 0 Å². The molecular weight excluding hydrogens is 164 g/mol. The molecule has 0 aliphatic rings. The number of anilines is 1. The summed E-state index contributed by atoms with van der Waals surface area (Å²) >= 11 is 0. The van der Waals surface area contributed by atoms with Crippen molar-refractivity contribution < 1.29 is 4.52 Å². The number of nitrogen functional groups attached to an aromatic ring is 1. The van der Waals surface area contributed by atoms with E-state index >= 15 is 0 Å². The molecule has 1 aromatic heterocycles. The van der Waals surface area contributed by atoms with Gasteiger partial charge in [0.15, 0.2) is 5.82 Å². The van der Waals surface area contributed by atoms with Crippen LogP contribution in [0.5, 0.6) is 0 Å². The number of hydrogen-bond donors (Lipinski definition) is 1. The lowest BCUT2D eigenvalue weighted by molar-refractivity contribution is 0.175. The molecule has 1 heterocycles. The van der Waals surface area contributed by atoms with Gasteiger partial charge in [0.2, 0.25) is 0 Å². The fourth-order valence-electron chi connectivity index (χ4n) is 0.953. The van der Waals surface area contributed by atoms with Crippen molar-refractivity contribution in [1.82, 2.24) is 5.16 Å². The van der Waals surface area contributed by atoms with E-state index in [1.807, 2.05) is 0 Å². The van der Waals surface area contributed by atoms with Crippen LogP contribution < -0.4 is 5.73 Å². The standard InChI is InChI=1S/C10H18N2O/c1-9(2,3)10(4,5)7-6-8(11)12-13-7/h6H,1-5H3,(H2,11,12). The van der Waals surface area contributed by atoms with E-state index in [4.69, 9.17) is 10.3 Å². The molecule has 0 bridgehead atoms. The topological polar surface area (TPSA) is 52.0 Å². The molecule has 1 aromatic rings. The molecule has 74 valence electrons. The summed E-state index contributed by atoms with van der Waals surface area (Å²) < 4.78 is 5.18. The molecule has 0 aliphatic heterocycles. The summed E-state index contributed by atoms with van der Waals surface area (Å²) in [6.45, 7) is 10.8. The van der Waals surface area contributed by atoms with E-state index in [-0.39, 0.29) is 10.8 Å². The summed E-state index contributed by atoms with van der Waals surface area (Å²) in [5, 5.41) is 3.70. The largest absolute Gasteiger partial charge is 0.381 e. The van der Waals surface area contributed by atoms with Crippen LogP contribution in [-0.4, -0.2) is 5.16 Å². The average Bonchev–Trinajstić information content (AvgIpc) is 2.33. The van der Waals surface area contributed by atoms with Gasteiger partial charge in [-0.25, -0.2) is 0 Å². The molecule has 0 saturated carbocycles. The van der Waals surface area contributed by atoms with E-state index in [0.29, 0.717) is 5.82 Å². The molecule has 0 amide bonds. The van der Waals surface area contributed by atoms with Crippen molar-refractivity contribution in [1.29, 1.82) is 0 Å². The van der Waals surface area contributed by atoms with E-state index in [9.17, 15) is 0 Å². The lowest BCUT2D eigenvalue weighted by atomic mass is 9.68. The Kier molecular flexibility index (Phi) is 2.14. The second-order valence-electron chi connectivity index (χ2n) is 4.99. The number of nitrogens with zero attached hydrogens (tertiary/aromatic N) is 1. The summed E-state index contributed by atoms with van der Waals surface area (Å²) in [4.78, 5) is 0. The zero-order chi connectivity index (χ0) is 10.3. The van der Waals surface area contributed by atoms with Crippen molar-refractivity contribution in [2.75, 3.05) is 5.73 Å². The molecule has 0 radical (unpaired) electrons. The third-order valence-electron chi connectivity index (χ3n) is 3.02. The lowest BCUT2D eigenvalue weighted by Gasteiger charge is -2.36. The van der Waals surface area contributed by atoms with E-state index in [0.717, 1.165) is 5.76 Å². The van der Waals surface area contributed by atoms with E-state index < -0.39 is 0 Å². The van der Waals surface area contributed by atoms with Crippen LogP contribution >= 0.6 is 0 Å². The summed E-state index contributed by atoms with van der Waals surface area (Å²) in [6, 6.07) is 1.80. The summed E-state index contributed by atoms with van der Waals surface area (Å²) in [7, 11) is 0. The highest BCUT2D eigenvalue weighted by atomic mass is 16.5. The average molecular weight is 182 g/mol. The van der Waals surface area contributed by atoms with Gasteiger partial charge in [0.25, 0.3) is 0 Å². The lowest BCUT2D eigenvalue weighted by Crippen LogP contribution is -2.33. The highest BCUT2D eigenvalue weighted by molar-refractivity contribution is 5.30. The molecule has 0 aromatic carbocycles. The second kappa shape index (κ2) is 2.76. The third-order valence-corrected chi connectivity index (χ3v) is 3.02. The Bertz CT molecular complexity index is 294. The fraction of sp³-hybridized carbons (Fsp3) is 0.700. The zero-order valence-corrected chi connectivity index (χ0v) is 9.01. The van der Waals surface area contributed by atoms with Gasteiger partial charge in [-0.3, -0.25) is 0 Å². The first-order valence-electron chi connectivity index (χ1n) is 4.48. The molecule has 3 heteroatoms. The van der Waals surface area contributed by atoms with E-state index in [2.05, 4.69) is 39.8 Å². The van der Waals surface area contributed by atoms with Crippen LogP contribution in [0, 0.1) is 5.41 Å². The van der Waals surface area contributed by atoms with Crippen molar-refractivity contribution in [2.24, 2.45) is 5.41 Å². The highest BCUT2D eigenvalue weighted by Gasteiger charge is 2.37. The maximum absolute atomic E-state index is 5.51.